The number of fused-ring (bicyclic) bond motifs is 3. The van der Waals surface area contributed by atoms with Crippen molar-refractivity contribution < 1.29 is 8.22 Å². The highest BCUT2D eigenvalue weighted by atomic mass is 79.9. The third-order valence-electron chi connectivity index (χ3n) is 2.12. The second-order valence-corrected chi connectivity index (χ2v) is 4.61. The third kappa shape index (κ3) is 1.44. The summed E-state index contributed by atoms with van der Waals surface area (Å²) in [5, 5.41) is 0.407. The lowest BCUT2D eigenvalue weighted by molar-refractivity contribution is 1.36. The van der Waals surface area contributed by atoms with Crippen LogP contribution < -0.4 is 0 Å². The second kappa shape index (κ2) is 3.79. The van der Waals surface area contributed by atoms with Crippen molar-refractivity contribution in [2.24, 2.45) is 0 Å². The van der Waals surface area contributed by atoms with Crippen LogP contribution in [0.15, 0.2) is 45.5 Å². The summed E-state index contributed by atoms with van der Waals surface area (Å²) < 4.78 is 47.7. The first kappa shape index (κ1) is 5.56. The van der Waals surface area contributed by atoms with Gasteiger partial charge in [0.05, 0.1) is 19.3 Å². The van der Waals surface area contributed by atoms with Crippen LogP contribution in [-0.2, 0) is 0 Å². The average Bonchev–Trinajstić information content (AvgIpc) is 2.47. The number of benzene rings is 1. The van der Waals surface area contributed by atoms with Crippen LogP contribution in [0.2, 0.25) is 0 Å². The first-order chi connectivity index (χ1) is 10.3. The van der Waals surface area contributed by atoms with Crippen LogP contribution in [0.25, 0.3) is 21.8 Å². The van der Waals surface area contributed by atoms with Gasteiger partial charge in [-0.2, -0.15) is 0 Å². The summed E-state index contributed by atoms with van der Waals surface area (Å²) in [6, 6.07) is -0.700. The molecule has 0 unspecified atom stereocenters. The minimum Gasteiger partial charge on any atom is -0.254 e. The Morgan fingerprint density at radius 2 is 1.25 bits per heavy atom. The molecule has 78 valence electrons. The summed E-state index contributed by atoms with van der Waals surface area (Å²) in [7, 11) is 0. The van der Waals surface area contributed by atoms with Gasteiger partial charge in [-0.1, -0.05) is 43.9 Å². The molecular formula is C12H6Br2N2. The zero-order chi connectivity index (χ0) is 16.3. The molecule has 3 aromatic rings. The molecule has 2 heterocycles. The fourth-order valence-electron chi connectivity index (χ4n) is 1.41. The number of pyridine rings is 2. The molecule has 0 amide bonds. The van der Waals surface area contributed by atoms with Gasteiger partial charge in [-0.3, -0.25) is 9.97 Å². The molecule has 0 bridgehead atoms. The molecule has 3 rings (SSSR count). The van der Waals surface area contributed by atoms with E-state index in [1.807, 2.05) is 0 Å². The minimum absolute atomic E-state index is 0.165. The summed E-state index contributed by atoms with van der Waals surface area (Å²) in [6.45, 7) is 0. The second-order valence-electron chi connectivity index (χ2n) is 3.02. The lowest BCUT2D eigenvalue weighted by atomic mass is 10.1. The molecule has 0 atom stereocenters. The average molecular weight is 344 g/mol. The van der Waals surface area contributed by atoms with E-state index in [0.717, 1.165) is 0 Å². The normalized spacial score (nSPS) is 16.4. The van der Waals surface area contributed by atoms with E-state index in [0.29, 0.717) is 0 Å². The number of hydrogen-bond acceptors (Lipinski definition) is 2. The lowest BCUT2D eigenvalue weighted by Crippen LogP contribution is -1.86. The molecule has 0 aliphatic heterocycles. The molecule has 0 saturated carbocycles. The fourth-order valence-corrected chi connectivity index (χ4v) is 2.16. The SMILES string of the molecule is [2H]c1nc2c(c([2H])c([2H])c3c(Br)c([2H])c([2H])nc32)c(Br)c1[2H]. The Hall–Kier alpha value is -1.00. The predicted octanol–water partition coefficient (Wildman–Crippen LogP) is 4.31. The molecule has 4 heteroatoms. The molecular weight excluding hydrogens is 332 g/mol. The van der Waals surface area contributed by atoms with Crippen molar-refractivity contribution in [1.29, 1.82) is 0 Å². The van der Waals surface area contributed by atoms with Crippen molar-refractivity contribution in [3.63, 3.8) is 0 Å². The largest absolute Gasteiger partial charge is 0.254 e. The summed E-state index contributed by atoms with van der Waals surface area (Å²) in [5.74, 6) is 0. The van der Waals surface area contributed by atoms with Gasteiger partial charge in [0.1, 0.15) is 0 Å². The Kier molecular flexibility index (Phi) is 1.31. The van der Waals surface area contributed by atoms with Crippen LogP contribution in [0.4, 0.5) is 0 Å². The van der Waals surface area contributed by atoms with Gasteiger partial charge in [0.25, 0.3) is 0 Å². The van der Waals surface area contributed by atoms with Crippen molar-refractivity contribution in [2.45, 2.75) is 0 Å². The minimum atomic E-state index is -0.294. The van der Waals surface area contributed by atoms with Crippen molar-refractivity contribution in [3.05, 3.63) is 45.5 Å². The van der Waals surface area contributed by atoms with E-state index in [2.05, 4.69) is 41.8 Å². The van der Waals surface area contributed by atoms with Gasteiger partial charge < -0.3 is 0 Å². The Morgan fingerprint density at radius 1 is 0.812 bits per heavy atom. The number of rotatable bonds is 0. The number of aromatic nitrogens is 2. The first-order valence-electron chi connectivity index (χ1n) is 7.27. The monoisotopic (exact) mass is 342 g/mol. The maximum atomic E-state index is 8.14. The summed E-state index contributed by atoms with van der Waals surface area (Å²) in [4.78, 5) is 7.99. The molecule has 0 saturated heterocycles. The van der Waals surface area contributed by atoms with Gasteiger partial charge in [0.2, 0.25) is 0 Å². The highest BCUT2D eigenvalue weighted by Crippen LogP contribution is 2.30. The quantitative estimate of drug-likeness (QED) is 0.568. The van der Waals surface area contributed by atoms with Gasteiger partial charge in [-0.05, 0) is 12.1 Å². The molecule has 0 radical (unpaired) electrons. The van der Waals surface area contributed by atoms with Crippen molar-refractivity contribution >= 4 is 53.7 Å². The van der Waals surface area contributed by atoms with Crippen LogP contribution in [0.5, 0.6) is 0 Å². The lowest BCUT2D eigenvalue weighted by Gasteiger charge is -2.04. The van der Waals surface area contributed by atoms with E-state index in [1.165, 1.54) is 0 Å². The predicted molar refractivity (Wildman–Crippen MR) is 72.4 cm³/mol. The van der Waals surface area contributed by atoms with Gasteiger partial charge in [0.15, 0.2) is 0 Å². The van der Waals surface area contributed by atoms with Crippen LogP contribution in [0.1, 0.15) is 8.22 Å². The van der Waals surface area contributed by atoms with Crippen LogP contribution in [0.3, 0.4) is 0 Å². The highest BCUT2D eigenvalue weighted by Gasteiger charge is 2.06. The van der Waals surface area contributed by atoms with Crippen molar-refractivity contribution in [1.82, 2.24) is 9.97 Å². The molecule has 2 aromatic heterocycles. The first-order valence-corrected chi connectivity index (χ1v) is 5.86. The topological polar surface area (TPSA) is 25.8 Å². The van der Waals surface area contributed by atoms with Gasteiger partial charge in [0, 0.05) is 32.1 Å². The van der Waals surface area contributed by atoms with Crippen LogP contribution >= 0.6 is 31.9 Å². The molecule has 2 nitrogen and oxygen atoms in total. The number of nitrogens with zero attached hydrogens (tertiary/aromatic N) is 2. The van der Waals surface area contributed by atoms with Gasteiger partial charge in [-0.15, -0.1) is 0 Å². The maximum absolute atomic E-state index is 8.14. The van der Waals surface area contributed by atoms with E-state index < -0.39 is 0 Å². The highest BCUT2D eigenvalue weighted by molar-refractivity contribution is 9.11. The third-order valence-corrected chi connectivity index (χ3v) is 3.31. The number of hydrogen-bond donors (Lipinski definition) is 0. The zero-order valence-electron chi connectivity index (χ0n) is 13.7. The van der Waals surface area contributed by atoms with Gasteiger partial charge in [-0.25, -0.2) is 0 Å². The molecule has 0 spiro atoms. The molecule has 0 aliphatic carbocycles. The molecule has 1 aromatic carbocycles. The molecule has 0 fully saturated rings. The zero-order valence-corrected chi connectivity index (χ0v) is 10.8. The van der Waals surface area contributed by atoms with Crippen LogP contribution in [-0.4, -0.2) is 9.97 Å². The smallest absolute Gasteiger partial charge is 0.0976 e. The van der Waals surface area contributed by atoms with Gasteiger partial charge >= 0.3 is 0 Å². The van der Waals surface area contributed by atoms with E-state index in [4.69, 9.17) is 8.22 Å². The fraction of sp³-hybridized carbons (Fsp3) is 0. The van der Waals surface area contributed by atoms with Crippen LogP contribution in [0, 0.1) is 0 Å². The maximum Gasteiger partial charge on any atom is 0.0976 e. The summed E-state index contributed by atoms with van der Waals surface area (Å²) >= 11 is 6.36. The van der Waals surface area contributed by atoms with E-state index in [1.54, 1.807) is 0 Å². The standard InChI is InChI=1S/C12H6Br2N2/c13-9-3-5-15-11-7(9)1-2-8-10(14)4-6-16-12(8)11/h1-6H/i1D,2D,3D,4D,5D,6D. The molecule has 16 heavy (non-hydrogen) atoms. The van der Waals surface area contributed by atoms with E-state index in [9.17, 15) is 0 Å². The summed E-state index contributed by atoms with van der Waals surface area (Å²) in [6.07, 6.45) is -0.589. The van der Waals surface area contributed by atoms with E-state index >= 15 is 0 Å². The Labute approximate surface area is 117 Å². The molecule has 0 aliphatic rings. The van der Waals surface area contributed by atoms with Crippen molar-refractivity contribution in [3.8, 4) is 0 Å². The number of halogens is 2. The Morgan fingerprint density at radius 3 is 1.69 bits per heavy atom. The van der Waals surface area contributed by atoms with E-state index in [-0.39, 0.29) is 67.3 Å². The summed E-state index contributed by atoms with van der Waals surface area (Å²) in [5.41, 5.74) is 0.330. The Balaban J connectivity index is 2.74. The van der Waals surface area contributed by atoms with Crippen molar-refractivity contribution in [2.75, 3.05) is 0 Å². The Bertz CT molecular complexity index is 897. The molecule has 0 N–H and O–H groups in total.